The van der Waals surface area contributed by atoms with Gasteiger partial charge in [0.2, 0.25) is 5.91 Å². The van der Waals surface area contributed by atoms with Crippen LogP contribution in [-0.2, 0) is 14.4 Å². The number of anilines is 2. The summed E-state index contributed by atoms with van der Waals surface area (Å²) in [5.41, 5.74) is 1.01. The molecule has 5 amide bonds. The lowest BCUT2D eigenvalue weighted by Crippen LogP contribution is -2.38. The Morgan fingerprint density at radius 2 is 1.74 bits per heavy atom. The Bertz CT molecular complexity index is 1460. The van der Waals surface area contributed by atoms with Crippen LogP contribution < -0.4 is 25.4 Å². The van der Waals surface area contributed by atoms with Crippen LogP contribution in [0.15, 0.2) is 72.4 Å². The van der Waals surface area contributed by atoms with Crippen molar-refractivity contribution in [2.75, 3.05) is 30.9 Å². The molecule has 12 heteroatoms. The summed E-state index contributed by atoms with van der Waals surface area (Å²) in [5, 5.41) is 7.50. The lowest BCUT2D eigenvalue weighted by atomic mass is 10.1. The summed E-state index contributed by atoms with van der Waals surface area (Å²) < 4.78 is 25.5. The topological polar surface area (TPSA) is 126 Å². The molecular formula is C27H22FIN4O6. The molecule has 1 saturated heterocycles. The zero-order chi connectivity index (χ0) is 27.9. The molecule has 0 bridgehead atoms. The molecule has 3 N–H and O–H groups in total. The first-order valence-electron chi connectivity index (χ1n) is 11.5. The maximum Gasteiger partial charge on any atom is 0.329 e. The zero-order valence-electron chi connectivity index (χ0n) is 20.5. The fourth-order valence-electron chi connectivity index (χ4n) is 3.60. The van der Waals surface area contributed by atoms with Gasteiger partial charge >= 0.3 is 6.03 Å². The average Bonchev–Trinajstić information content (AvgIpc) is 3.16. The second-order valence-electron chi connectivity index (χ2n) is 8.14. The molecule has 0 saturated carbocycles. The third-order valence-electron chi connectivity index (χ3n) is 5.38. The first kappa shape index (κ1) is 27.6. The minimum Gasteiger partial charge on any atom is -0.493 e. The number of nitrogens with zero attached hydrogens (tertiary/aromatic N) is 1. The standard InChI is InChI=1S/C27H22FIN4O6/c1-38-22-13-16(11-19(29)25(22)39-15-24(35)30-17-7-3-2-4-8-17)12-21-26(36)33(27(37)32-21)14-23(34)31-20-10-6-5-9-18(20)28/h2-13H,14-15H2,1H3,(H,30,35)(H,31,34)(H,32,37)/b21-12+. The van der Waals surface area contributed by atoms with Crippen LogP contribution >= 0.6 is 22.6 Å². The SMILES string of the molecule is COc1cc(/C=C2/NC(=O)N(CC(=O)Nc3ccccc3F)C2=O)cc(I)c1OCC(=O)Nc1ccccc1. The van der Waals surface area contributed by atoms with Crippen molar-refractivity contribution in [1.29, 1.82) is 0 Å². The molecule has 4 rings (SSSR count). The number of amides is 5. The molecule has 200 valence electrons. The van der Waals surface area contributed by atoms with Gasteiger partial charge in [0.15, 0.2) is 18.1 Å². The van der Waals surface area contributed by atoms with E-state index in [-0.39, 0.29) is 23.9 Å². The van der Waals surface area contributed by atoms with Gasteiger partial charge in [-0.25, -0.2) is 14.1 Å². The van der Waals surface area contributed by atoms with Crippen LogP contribution in [0.3, 0.4) is 0 Å². The van der Waals surface area contributed by atoms with Crippen molar-refractivity contribution in [2.45, 2.75) is 0 Å². The number of methoxy groups -OCH3 is 1. The minimum atomic E-state index is -0.791. The second-order valence-corrected chi connectivity index (χ2v) is 9.31. The molecule has 0 aromatic heterocycles. The Kier molecular flexibility index (Phi) is 8.76. The number of urea groups is 1. The Morgan fingerprint density at radius 3 is 2.46 bits per heavy atom. The van der Waals surface area contributed by atoms with Crippen LogP contribution in [0, 0.1) is 9.39 Å². The highest BCUT2D eigenvalue weighted by atomic mass is 127. The summed E-state index contributed by atoms with van der Waals surface area (Å²) >= 11 is 2.00. The van der Waals surface area contributed by atoms with Crippen LogP contribution in [0.5, 0.6) is 11.5 Å². The first-order valence-corrected chi connectivity index (χ1v) is 12.6. The maximum atomic E-state index is 13.8. The normalized spacial score (nSPS) is 13.7. The number of para-hydroxylation sites is 2. The summed E-state index contributed by atoms with van der Waals surface area (Å²) in [6, 6.07) is 17.0. The van der Waals surface area contributed by atoms with Gasteiger partial charge in [0.1, 0.15) is 18.1 Å². The first-order chi connectivity index (χ1) is 18.7. The van der Waals surface area contributed by atoms with E-state index in [4.69, 9.17) is 9.47 Å². The largest absolute Gasteiger partial charge is 0.493 e. The Balaban J connectivity index is 1.43. The molecule has 1 aliphatic heterocycles. The summed E-state index contributed by atoms with van der Waals surface area (Å²) in [7, 11) is 1.43. The number of carbonyl (C=O) groups excluding carboxylic acids is 4. The van der Waals surface area contributed by atoms with Gasteiger partial charge in [-0.2, -0.15) is 0 Å². The van der Waals surface area contributed by atoms with Crippen molar-refractivity contribution in [3.05, 3.63) is 87.4 Å². The highest BCUT2D eigenvalue weighted by Gasteiger charge is 2.35. The Hall–Kier alpha value is -4.46. The van der Waals surface area contributed by atoms with E-state index in [9.17, 15) is 23.6 Å². The highest BCUT2D eigenvalue weighted by molar-refractivity contribution is 14.1. The lowest BCUT2D eigenvalue weighted by molar-refractivity contribution is -0.127. The number of hydrogen-bond acceptors (Lipinski definition) is 6. The molecule has 3 aromatic carbocycles. The van der Waals surface area contributed by atoms with E-state index >= 15 is 0 Å². The minimum absolute atomic E-state index is 0.0625. The molecule has 1 heterocycles. The molecule has 0 aliphatic carbocycles. The van der Waals surface area contributed by atoms with E-state index in [2.05, 4.69) is 16.0 Å². The van der Waals surface area contributed by atoms with Gasteiger partial charge < -0.3 is 25.4 Å². The van der Waals surface area contributed by atoms with Gasteiger partial charge in [-0.1, -0.05) is 30.3 Å². The van der Waals surface area contributed by atoms with Gasteiger partial charge in [0.05, 0.1) is 16.4 Å². The van der Waals surface area contributed by atoms with Crippen molar-refractivity contribution >= 4 is 63.8 Å². The van der Waals surface area contributed by atoms with Crippen molar-refractivity contribution < 1.29 is 33.0 Å². The second kappa shape index (κ2) is 12.4. The van der Waals surface area contributed by atoms with E-state index in [0.717, 1.165) is 0 Å². The molecule has 0 atom stereocenters. The summed E-state index contributed by atoms with van der Waals surface area (Å²) in [6.07, 6.45) is 1.42. The monoisotopic (exact) mass is 644 g/mol. The summed E-state index contributed by atoms with van der Waals surface area (Å²) in [6.45, 7) is -0.866. The smallest absolute Gasteiger partial charge is 0.329 e. The fourth-order valence-corrected chi connectivity index (χ4v) is 4.38. The quantitative estimate of drug-likeness (QED) is 0.184. The molecule has 0 unspecified atom stereocenters. The van der Waals surface area contributed by atoms with E-state index in [1.165, 1.54) is 31.4 Å². The predicted octanol–water partition coefficient (Wildman–Crippen LogP) is 3.99. The number of nitrogens with one attached hydrogen (secondary N) is 3. The van der Waals surface area contributed by atoms with Gasteiger partial charge in [0, 0.05) is 5.69 Å². The van der Waals surface area contributed by atoms with Crippen LogP contribution in [-0.4, -0.2) is 48.9 Å². The van der Waals surface area contributed by atoms with Crippen LogP contribution in [0.2, 0.25) is 0 Å². The van der Waals surface area contributed by atoms with E-state index in [1.807, 2.05) is 28.7 Å². The third kappa shape index (κ3) is 6.90. The molecule has 39 heavy (non-hydrogen) atoms. The maximum absolute atomic E-state index is 13.8. The Labute approximate surface area is 236 Å². The summed E-state index contributed by atoms with van der Waals surface area (Å²) in [5.74, 6) is -1.83. The molecule has 0 spiro atoms. The molecule has 10 nitrogen and oxygen atoms in total. The molecule has 1 fully saturated rings. The van der Waals surface area contributed by atoms with Gasteiger partial charge in [-0.3, -0.25) is 14.4 Å². The predicted molar refractivity (Wildman–Crippen MR) is 150 cm³/mol. The Morgan fingerprint density at radius 1 is 1.03 bits per heavy atom. The number of halogens is 2. The van der Waals surface area contributed by atoms with E-state index in [0.29, 0.717) is 31.2 Å². The number of hydrogen-bond donors (Lipinski definition) is 3. The highest BCUT2D eigenvalue weighted by Crippen LogP contribution is 2.35. The van der Waals surface area contributed by atoms with Crippen molar-refractivity contribution in [2.24, 2.45) is 0 Å². The number of imide groups is 1. The number of carbonyl (C=O) groups is 4. The molecule has 0 radical (unpaired) electrons. The summed E-state index contributed by atoms with van der Waals surface area (Å²) in [4.78, 5) is 50.5. The third-order valence-corrected chi connectivity index (χ3v) is 6.18. The van der Waals surface area contributed by atoms with Crippen LogP contribution in [0.25, 0.3) is 6.08 Å². The number of rotatable bonds is 9. The zero-order valence-corrected chi connectivity index (χ0v) is 22.7. The molecular weight excluding hydrogens is 622 g/mol. The van der Waals surface area contributed by atoms with Crippen molar-refractivity contribution in [3.8, 4) is 11.5 Å². The van der Waals surface area contributed by atoms with E-state index < -0.39 is 30.2 Å². The van der Waals surface area contributed by atoms with Crippen molar-refractivity contribution in [3.63, 3.8) is 0 Å². The van der Waals surface area contributed by atoms with Gasteiger partial charge in [-0.15, -0.1) is 0 Å². The van der Waals surface area contributed by atoms with Gasteiger partial charge in [0.25, 0.3) is 11.8 Å². The average molecular weight is 644 g/mol. The van der Waals surface area contributed by atoms with Gasteiger partial charge in [-0.05, 0) is 70.6 Å². The number of benzene rings is 3. The molecule has 1 aliphatic rings. The number of ether oxygens (including phenoxy) is 2. The van der Waals surface area contributed by atoms with E-state index in [1.54, 1.807) is 42.5 Å². The lowest BCUT2D eigenvalue weighted by Gasteiger charge is -2.14. The van der Waals surface area contributed by atoms with Crippen LogP contribution in [0.4, 0.5) is 20.6 Å². The van der Waals surface area contributed by atoms with Crippen LogP contribution in [0.1, 0.15) is 5.56 Å². The van der Waals surface area contributed by atoms with Crippen molar-refractivity contribution in [1.82, 2.24) is 10.2 Å². The molecule has 3 aromatic rings. The fraction of sp³-hybridized carbons (Fsp3) is 0.111.